The van der Waals surface area contributed by atoms with Gasteiger partial charge in [0, 0.05) is 25.7 Å². The van der Waals surface area contributed by atoms with Crippen LogP contribution >= 0.6 is 11.3 Å². The molecule has 0 bridgehead atoms. The van der Waals surface area contributed by atoms with Crippen LogP contribution in [0.1, 0.15) is 24.3 Å². The number of aromatic nitrogens is 1. The molecule has 200 valence electrons. The number of carbonyl (C=O) groups excluding carboxylic acids is 1. The number of aromatic hydroxyl groups is 1. The summed E-state index contributed by atoms with van der Waals surface area (Å²) in [6.07, 6.45) is 0.229. The minimum Gasteiger partial charge on any atom is -0.508 e. The number of carbonyl (C=O) groups is 1. The lowest BCUT2D eigenvalue weighted by molar-refractivity contribution is -0.835. The molecule has 2 aromatic carbocycles. The first-order valence-corrected chi connectivity index (χ1v) is 14.3. The highest BCUT2D eigenvalue weighted by atomic mass is 32.2. The molecule has 0 saturated heterocycles. The Morgan fingerprint density at radius 2 is 1.78 bits per heavy atom. The van der Waals surface area contributed by atoms with Crippen molar-refractivity contribution in [2.45, 2.75) is 43.9 Å². The van der Waals surface area contributed by atoms with Crippen LogP contribution in [0.25, 0.3) is 0 Å². The molecule has 37 heavy (non-hydrogen) atoms. The Balaban J connectivity index is 1.84. The maximum absolute atomic E-state index is 13.5. The molecule has 1 heterocycles. The van der Waals surface area contributed by atoms with Crippen LogP contribution in [-0.4, -0.2) is 66.3 Å². The summed E-state index contributed by atoms with van der Waals surface area (Å²) in [5.74, 6) is -0.0551. The standard InChI is InChI=1S/C26H33N3O6S2/c1-19(2)15-29(37(33,34)23-11-9-21(30)10-12-23)16-25(31)24(13-20-7-5-4-6-8-20)28(3)26(32)35-17-22-14-27-18-36-22/h4-12,14,18-19,24-25,30-31H,13,15-17H2,1-3H3/p+1/t24-,25+/m0/s1. The van der Waals surface area contributed by atoms with Crippen molar-refractivity contribution >= 4 is 27.5 Å². The SMILES string of the molecule is CC(C)CN(C[C@@H](O)[C@H](Cc1ccccc1)[NH+](C)C(=O)OCc1cncs1)S(=O)(=O)c1ccc(O)cc1. The summed E-state index contributed by atoms with van der Waals surface area (Å²) in [6, 6.07) is 14.0. The number of aliphatic hydroxyl groups is 1. The van der Waals surface area contributed by atoms with E-state index in [-0.39, 0.29) is 36.3 Å². The van der Waals surface area contributed by atoms with Crippen molar-refractivity contribution in [2.24, 2.45) is 5.92 Å². The monoisotopic (exact) mass is 548 g/mol. The van der Waals surface area contributed by atoms with E-state index in [9.17, 15) is 23.4 Å². The maximum Gasteiger partial charge on any atom is 0.514 e. The van der Waals surface area contributed by atoms with Crippen molar-refractivity contribution in [1.29, 1.82) is 0 Å². The Morgan fingerprint density at radius 1 is 1.11 bits per heavy atom. The molecule has 3 rings (SSSR count). The number of sulfonamides is 1. The molecule has 3 aromatic rings. The highest BCUT2D eigenvalue weighted by molar-refractivity contribution is 7.89. The molecule has 0 radical (unpaired) electrons. The summed E-state index contributed by atoms with van der Waals surface area (Å²) in [4.78, 5) is 18.0. The molecule has 1 unspecified atom stereocenters. The van der Waals surface area contributed by atoms with E-state index in [2.05, 4.69) is 4.98 Å². The van der Waals surface area contributed by atoms with E-state index in [0.717, 1.165) is 10.4 Å². The number of alkyl carbamates (subject to hydrolysis) is 2. The topological polar surface area (TPSA) is 121 Å². The number of rotatable bonds is 12. The summed E-state index contributed by atoms with van der Waals surface area (Å²) in [5, 5.41) is 21.0. The van der Waals surface area contributed by atoms with Gasteiger partial charge in [-0.25, -0.2) is 13.3 Å². The van der Waals surface area contributed by atoms with Crippen molar-refractivity contribution in [1.82, 2.24) is 9.29 Å². The van der Waals surface area contributed by atoms with Crippen molar-refractivity contribution in [3.05, 3.63) is 76.7 Å². The molecule has 11 heteroatoms. The molecule has 0 saturated carbocycles. The summed E-state index contributed by atoms with van der Waals surface area (Å²) in [5.41, 5.74) is 2.55. The van der Waals surface area contributed by atoms with Crippen molar-refractivity contribution in [3.63, 3.8) is 0 Å². The highest BCUT2D eigenvalue weighted by Gasteiger charge is 2.37. The lowest BCUT2D eigenvalue weighted by atomic mass is 10.00. The third-order valence-electron chi connectivity index (χ3n) is 5.90. The number of hydrogen-bond acceptors (Lipinski definition) is 8. The van der Waals surface area contributed by atoms with E-state index in [0.29, 0.717) is 11.3 Å². The molecule has 0 fully saturated rings. The fourth-order valence-corrected chi connectivity index (χ4v) is 6.07. The largest absolute Gasteiger partial charge is 0.514 e. The van der Waals surface area contributed by atoms with Gasteiger partial charge in [-0.05, 0) is 35.7 Å². The van der Waals surface area contributed by atoms with Gasteiger partial charge >= 0.3 is 6.09 Å². The van der Waals surface area contributed by atoms with Gasteiger partial charge in [0.15, 0.2) is 0 Å². The minimum atomic E-state index is -3.97. The predicted molar refractivity (Wildman–Crippen MR) is 141 cm³/mol. The molecule has 1 aromatic heterocycles. The Morgan fingerprint density at radius 3 is 2.38 bits per heavy atom. The number of ether oxygens (including phenoxy) is 1. The second-order valence-electron chi connectivity index (χ2n) is 9.30. The third kappa shape index (κ3) is 8.08. The second-order valence-corrected chi connectivity index (χ2v) is 12.2. The Kier molecular flexibility index (Phi) is 10.2. The average molecular weight is 549 g/mol. The molecule has 3 atom stereocenters. The molecule has 0 aliphatic carbocycles. The van der Waals surface area contributed by atoms with Crippen LogP contribution in [0.15, 0.2) is 71.2 Å². The summed E-state index contributed by atoms with van der Waals surface area (Å²) in [7, 11) is -2.35. The first-order chi connectivity index (χ1) is 17.6. The Bertz CT molecular complexity index is 1220. The number of nitrogens with one attached hydrogen (secondary N) is 1. The molecule has 1 amide bonds. The van der Waals surface area contributed by atoms with E-state index < -0.39 is 28.3 Å². The first kappa shape index (κ1) is 28.7. The van der Waals surface area contributed by atoms with Crippen LogP contribution < -0.4 is 4.90 Å². The van der Waals surface area contributed by atoms with Crippen LogP contribution in [0, 0.1) is 5.92 Å². The normalized spacial score (nSPS) is 14.4. The number of amides is 1. The van der Waals surface area contributed by atoms with Gasteiger partial charge < -0.3 is 14.9 Å². The number of hydrogen-bond donors (Lipinski definition) is 3. The van der Waals surface area contributed by atoms with Crippen LogP contribution in [0.5, 0.6) is 5.75 Å². The third-order valence-corrected chi connectivity index (χ3v) is 8.50. The van der Waals surface area contributed by atoms with Gasteiger partial charge in [-0.2, -0.15) is 9.10 Å². The summed E-state index contributed by atoms with van der Waals surface area (Å²) < 4.78 is 33.6. The predicted octanol–water partition coefficient (Wildman–Crippen LogP) is 2.32. The second kappa shape index (κ2) is 13.1. The molecule has 0 aliphatic rings. The number of phenols is 1. The van der Waals surface area contributed by atoms with E-state index >= 15 is 0 Å². The van der Waals surface area contributed by atoms with E-state index in [4.69, 9.17) is 4.74 Å². The van der Waals surface area contributed by atoms with Gasteiger partial charge in [0.05, 0.1) is 22.3 Å². The van der Waals surface area contributed by atoms with Gasteiger partial charge in [0.2, 0.25) is 10.0 Å². The van der Waals surface area contributed by atoms with Gasteiger partial charge in [0.25, 0.3) is 0 Å². The average Bonchev–Trinajstić information content (AvgIpc) is 3.39. The molecule has 3 N–H and O–H groups in total. The zero-order chi connectivity index (χ0) is 27.0. The lowest BCUT2D eigenvalue weighted by Gasteiger charge is -2.31. The van der Waals surface area contributed by atoms with Crippen LogP contribution in [-0.2, 0) is 27.8 Å². The van der Waals surface area contributed by atoms with Gasteiger partial charge in [0.1, 0.15) is 24.5 Å². The number of benzene rings is 2. The molecular weight excluding hydrogens is 514 g/mol. The Hall–Kier alpha value is -2.83. The molecular formula is C26H34N3O6S2+. The zero-order valence-electron chi connectivity index (χ0n) is 21.1. The lowest BCUT2D eigenvalue weighted by Crippen LogP contribution is -3.17. The fraction of sp³-hybridized carbons (Fsp3) is 0.385. The summed E-state index contributed by atoms with van der Waals surface area (Å²) in [6.45, 7) is 3.82. The van der Waals surface area contributed by atoms with Gasteiger partial charge in [-0.1, -0.05) is 44.2 Å². The highest BCUT2D eigenvalue weighted by Crippen LogP contribution is 2.21. The fourth-order valence-electron chi connectivity index (χ4n) is 3.94. The zero-order valence-corrected chi connectivity index (χ0v) is 22.8. The minimum absolute atomic E-state index is 0.0129. The van der Waals surface area contributed by atoms with Gasteiger partial charge in [-0.15, -0.1) is 11.3 Å². The Labute approximate surface area is 222 Å². The molecule has 9 nitrogen and oxygen atoms in total. The van der Waals surface area contributed by atoms with Crippen LogP contribution in [0.4, 0.5) is 4.79 Å². The van der Waals surface area contributed by atoms with E-state index in [1.54, 1.807) is 18.8 Å². The smallest absolute Gasteiger partial charge is 0.508 e. The van der Waals surface area contributed by atoms with Crippen molar-refractivity contribution in [2.75, 3.05) is 20.1 Å². The number of thiazole rings is 1. The number of aliphatic hydroxyl groups excluding tert-OH is 1. The van der Waals surface area contributed by atoms with E-state index in [1.807, 2.05) is 44.2 Å². The molecule has 0 aliphatic heterocycles. The maximum atomic E-state index is 13.5. The van der Waals surface area contributed by atoms with Crippen LogP contribution in [0.3, 0.4) is 0 Å². The van der Waals surface area contributed by atoms with Gasteiger partial charge in [-0.3, -0.25) is 4.98 Å². The number of nitrogens with zero attached hydrogens (tertiary/aromatic N) is 2. The number of phenolic OH excluding ortho intramolecular Hbond substituents is 1. The summed E-state index contributed by atoms with van der Waals surface area (Å²) >= 11 is 1.37. The quantitative estimate of drug-likeness (QED) is 0.318. The van der Waals surface area contributed by atoms with E-state index in [1.165, 1.54) is 39.9 Å². The van der Waals surface area contributed by atoms with Crippen molar-refractivity contribution in [3.8, 4) is 5.75 Å². The number of likely N-dealkylation sites (N-methyl/N-ethyl adjacent to an activating group) is 1. The molecule has 0 spiro atoms. The van der Waals surface area contributed by atoms with Crippen molar-refractivity contribution < 1.29 is 33.1 Å². The first-order valence-electron chi connectivity index (χ1n) is 12.0. The number of quaternary nitrogens is 1. The van der Waals surface area contributed by atoms with Crippen LogP contribution in [0.2, 0.25) is 0 Å².